The summed E-state index contributed by atoms with van der Waals surface area (Å²) in [5, 5.41) is 11.8. The van der Waals surface area contributed by atoms with E-state index < -0.39 is 65.5 Å². The van der Waals surface area contributed by atoms with Crippen molar-refractivity contribution < 1.29 is 31.9 Å². The molecule has 0 spiro atoms. The molecule has 17 heteroatoms. The van der Waals surface area contributed by atoms with Crippen LogP contribution in [0.2, 0.25) is 5.02 Å². The molecule has 6 rings (SSSR count). The van der Waals surface area contributed by atoms with Gasteiger partial charge < -0.3 is 10.5 Å². The number of hydrogen-bond acceptors (Lipinski definition) is 9. The number of aromatic nitrogens is 6. The van der Waals surface area contributed by atoms with Crippen molar-refractivity contribution in [1.82, 2.24) is 34.7 Å². The van der Waals surface area contributed by atoms with E-state index in [2.05, 4.69) is 20.4 Å². The van der Waals surface area contributed by atoms with E-state index in [1.54, 1.807) is 35.1 Å². The van der Waals surface area contributed by atoms with Gasteiger partial charge in [0, 0.05) is 5.41 Å². The minimum atomic E-state index is -3.10. The summed E-state index contributed by atoms with van der Waals surface area (Å²) in [5.41, 5.74) is 4.57. The molecule has 2 N–H and O–H groups in total. The maximum Gasteiger partial charge on any atom is 0.306 e. The second-order valence-electron chi connectivity index (χ2n) is 14.2. The van der Waals surface area contributed by atoms with E-state index in [1.807, 2.05) is 20.8 Å². The molecule has 1 amide bonds. The first kappa shape index (κ1) is 35.9. The van der Waals surface area contributed by atoms with E-state index in [9.17, 15) is 27.2 Å². The van der Waals surface area contributed by atoms with Crippen LogP contribution in [-0.2, 0) is 19.9 Å². The van der Waals surface area contributed by atoms with Crippen LogP contribution in [0.4, 0.5) is 17.6 Å². The predicted octanol–water partition coefficient (Wildman–Crippen LogP) is 6.34. The number of carbonyl (C=O) groups is 2. The van der Waals surface area contributed by atoms with Gasteiger partial charge in [0.2, 0.25) is 0 Å². The molecule has 0 unspecified atom stereocenters. The molecule has 0 radical (unpaired) electrons. The highest BCUT2D eigenvalue weighted by atomic mass is 35.5. The Morgan fingerprint density at radius 1 is 1.10 bits per heavy atom. The van der Waals surface area contributed by atoms with Crippen LogP contribution >= 0.6 is 11.6 Å². The van der Waals surface area contributed by atoms with Gasteiger partial charge in [0.25, 0.3) is 18.3 Å². The lowest BCUT2D eigenvalue weighted by Crippen LogP contribution is -2.47. The van der Waals surface area contributed by atoms with Crippen LogP contribution < -0.4 is 5.73 Å². The van der Waals surface area contributed by atoms with Crippen LogP contribution in [0.3, 0.4) is 0 Å². The number of nitrogens with two attached hydrogens (primary N) is 1. The predicted molar refractivity (Wildman–Crippen MR) is 178 cm³/mol. The molecule has 2 aromatic carbocycles. The minimum absolute atomic E-state index is 0.00709. The lowest BCUT2D eigenvalue weighted by molar-refractivity contribution is -0.153. The van der Waals surface area contributed by atoms with Gasteiger partial charge >= 0.3 is 5.97 Å². The molecular formula is C34H36ClF4N9O3. The largest absolute Gasteiger partial charge is 0.463 e. The van der Waals surface area contributed by atoms with Crippen molar-refractivity contribution in [3.63, 3.8) is 0 Å². The number of rotatable bonds is 12. The number of ether oxygens (including phenoxy) is 1. The lowest BCUT2D eigenvalue weighted by atomic mass is 9.75. The van der Waals surface area contributed by atoms with Crippen molar-refractivity contribution in [2.24, 2.45) is 21.6 Å². The lowest BCUT2D eigenvalue weighted by Gasteiger charge is -2.35. The Labute approximate surface area is 295 Å². The normalized spacial score (nSPS) is 19.4. The summed E-state index contributed by atoms with van der Waals surface area (Å²) in [6.45, 7) is 6.09. The van der Waals surface area contributed by atoms with Gasteiger partial charge in [0.05, 0.1) is 41.3 Å². The fourth-order valence-electron chi connectivity index (χ4n) is 6.54. The zero-order valence-electron chi connectivity index (χ0n) is 28.2. The van der Waals surface area contributed by atoms with E-state index in [-0.39, 0.29) is 41.5 Å². The summed E-state index contributed by atoms with van der Waals surface area (Å²) in [5.74, 6) is -5.42. The highest BCUT2D eigenvalue weighted by Crippen LogP contribution is 2.59. The number of hydrogen-bond donors (Lipinski definition) is 1. The molecule has 12 nitrogen and oxygen atoms in total. The summed E-state index contributed by atoms with van der Waals surface area (Å²) in [7, 11) is 0. The molecule has 51 heavy (non-hydrogen) atoms. The van der Waals surface area contributed by atoms with Crippen LogP contribution in [0, 0.1) is 10.8 Å². The van der Waals surface area contributed by atoms with Crippen LogP contribution in [0.25, 0.3) is 11.4 Å². The molecule has 1 aliphatic carbocycles. The number of guanidine groups is 1. The third-order valence-electron chi connectivity index (χ3n) is 9.28. The maximum atomic E-state index is 14.9. The Bertz CT molecular complexity index is 1950. The Morgan fingerprint density at radius 2 is 1.80 bits per heavy atom. The van der Waals surface area contributed by atoms with E-state index in [4.69, 9.17) is 27.1 Å². The van der Waals surface area contributed by atoms with Crippen LogP contribution in [0.15, 0.2) is 66.2 Å². The Morgan fingerprint density at radius 3 is 2.39 bits per heavy atom. The second-order valence-corrected chi connectivity index (χ2v) is 14.6. The summed E-state index contributed by atoms with van der Waals surface area (Å²) in [6, 6.07) is 10.2. The van der Waals surface area contributed by atoms with Crippen molar-refractivity contribution in [1.29, 1.82) is 0 Å². The molecule has 270 valence electrons. The van der Waals surface area contributed by atoms with Gasteiger partial charge in [0.1, 0.15) is 12.9 Å². The summed E-state index contributed by atoms with van der Waals surface area (Å²) in [6.07, 6.45) is 1.16. The number of halogens is 5. The van der Waals surface area contributed by atoms with Gasteiger partial charge in [-0.3, -0.25) is 14.5 Å². The summed E-state index contributed by atoms with van der Waals surface area (Å²) >= 11 is 6.45. The van der Waals surface area contributed by atoms with Gasteiger partial charge in [-0.05, 0) is 67.0 Å². The third kappa shape index (κ3) is 6.93. The van der Waals surface area contributed by atoms with Gasteiger partial charge in [-0.25, -0.2) is 36.9 Å². The molecule has 0 saturated heterocycles. The number of esters is 1. The number of aliphatic imine (C=N–C) groups is 1. The first-order valence-corrected chi connectivity index (χ1v) is 16.5. The Balaban J connectivity index is 1.41. The molecule has 2 atom stereocenters. The molecule has 0 bridgehead atoms. The van der Waals surface area contributed by atoms with Crippen molar-refractivity contribution in [3.05, 3.63) is 83.2 Å². The standard InChI is InChI=1S/C34H36ClF4N9O3/c1-31(2,3)18-34(21-6-8-22(9-7-21)46-14-13-42-45-46)29(50)47(30(40)44-34)25(17-51-26(49)16-33(11-12-33)32(4,38)39)20-5-10-23(35)24(15-20)48-28(27(36)37)41-19-43-48/h5-10,13-15,19,25,27H,11-12,16-18H2,1-4H3,(H2,40,44)/t25-,34-/m1/s1. The van der Waals surface area contributed by atoms with Gasteiger partial charge in [-0.2, -0.15) is 5.10 Å². The summed E-state index contributed by atoms with van der Waals surface area (Å²) in [4.78, 5) is 37.6. The van der Waals surface area contributed by atoms with E-state index >= 15 is 0 Å². The van der Waals surface area contributed by atoms with E-state index in [0.29, 0.717) is 11.3 Å². The van der Waals surface area contributed by atoms with E-state index in [1.165, 1.54) is 29.3 Å². The molecule has 1 saturated carbocycles. The molecule has 2 aliphatic rings. The minimum Gasteiger partial charge on any atom is -0.463 e. The Kier molecular flexibility index (Phi) is 9.19. The zero-order valence-corrected chi connectivity index (χ0v) is 29.0. The first-order valence-electron chi connectivity index (χ1n) is 16.1. The number of amides is 1. The van der Waals surface area contributed by atoms with Crippen molar-refractivity contribution in [2.75, 3.05) is 6.61 Å². The fraction of sp³-hybridized carbons (Fsp3) is 0.441. The van der Waals surface area contributed by atoms with Crippen LogP contribution in [-0.4, -0.2) is 65.0 Å². The van der Waals surface area contributed by atoms with Crippen molar-refractivity contribution in [2.45, 2.75) is 77.3 Å². The number of carbonyl (C=O) groups excluding carboxylic acids is 2. The van der Waals surface area contributed by atoms with Gasteiger partial charge in [-0.1, -0.05) is 55.8 Å². The average molecular weight is 730 g/mol. The van der Waals surface area contributed by atoms with Crippen molar-refractivity contribution in [3.8, 4) is 11.4 Å². The zero-order chi connectivity index (χ0) is 36.9. The topological polar surface area (TPSA) is 146 Å². The van der Waals surface area contributed by atoms with Crippen molar-refractivity contribution >= 4 is 29.4 Å². The number of nitrogens with zero attached hydrogens (tertiary/aromatic N) is 8. The molecule has 1 aliphatic heterocycles. The van der Waals surface area contributed by atoms with E-state index in [0.717, 1.165) is 17.9 Å². The highest BCUT2D eigenvalue weighted by molar-refractivity contribution is 6.32. The molecule has 2 aromatic heterocycles. The SMILES string of the molecule is CC(C)(C)C[C@]1(c2ccc(-n3ccnn3)cc2)N=C(N)N([C@H](COC(=O)CC2(C(C)(F)F)CC2)c2ccc(Cl)c(-n3ncnc3C(F)F)c2)C1=O. The number of alkyl halides is 4. The summed E-state index contributed by atoms with van der Waals surface area (Å²) < 4.78 is 64.4. The molecule has 4 aromatic rings. The monoisotopic (exact) mass is 729 g/mol. The molecular weight excluding hydrogens is 694 g/mol. The quantitative estimate of drug-likeness (QED) is 0.131. The van der Waals surface area contributed by atoms with Gasteiger partial charge in [0.15, 0.2) is 17.3 Å². The molecule has 1 fully saturated rings. The fourth-order valence-corrected chi connectivity index (χ4v) is 6.73. The van der Waals surface area contributed by atoms with Crippen LogP contribution in [0.5, 0.6) is 0 Å². The third-order valence-corrected chi connectivity index (χ3v) is 9.60. The van der Waals surface area contributed by atoms with Crippen LogP contribution in [0.1, 0.15) is 82.8 Å². The molecule has 3 heterocycles. The maximum absolute atomic E-state index is 14.9. The average Bonchev–Trinajstić information content (AvgIpc) is 3.38. The van der Waals surface area contributed by atoms with Gasteiger partial charge in [-0.15, -0.1) is 5.10 Å². The Hall–Kier alpha value is -4.86. The number of benzene rings is 2. The smallest absolute Gasteiger partial charge is 0.306 e. The highest BCUT2D eigenvalue weighted by Gasteiger charge is 2.60. The first-order chi connectivity index (χ1) is 23.9. The second kappa shape index (κ2) is 13.0.